The number of hydrogen-bond donors (Lipinski definition) is 2. The second-order valence-electron chi connectivity index (χ2n) is 6.80. The smallest absolute Gasteiger partial charge is 0.422 e. The molecule has 0 fully saturated rings. The van der Waals surface area contributed by atoms with Gasteiger partial charge in [-0.25, -0.2) is 4.99 Å². The molecule has 1 aromatic heterocycles. The average molecular weight is 425 g/mol. The number of aromatic nitrogens is 2. The Morgan fingerprint density at radius 2 is 1.80 bits per heavy atom. The van der Waals surface area contributed by atoms with Crippen molar-refractivity contribution in [2.75, 3.05) is 13.2 Å². The molecule has 0 spiro atoms. The molecule has 9 heteroatoms. The lowest BCUT2D eigenvalue weighted by atomic mass is 10.1. The molecular weight excluding hydrogens is 395 g/mol. The van der Waals surface area contributed by atoms with Gasteiger partial charge in [0.2, 0.25) is 0 Å². The van der Waals surface area contributed by atoms with Crippen molar-refractivity contribution in [2.45, 2.75) is 52.9 Å². The highest BCUT2D eigenvalue weighted by Crippen LogP contribution is 2.19. The van der Waals surface area contributed by atoms with Gasteiger partial charge in [-0.2, -0.15) is 18.3 Å². The highest BCUT2D eigenvalue weighted by Gasteiger charge is 2.28. The highest BCUT2D eigenvalue weighted by molar-refractivity contribution is 5.79. The van der Waals surface area contributed by atoms with Gasteiger partial charge in [-0.15, -0.1) is 0 Å². The second kappa shape index (κ2) is 10.9. The number of guanidine groups is 1. The van der Waals surface area contributed by atoms with Crippen LogP contribution in [-0.4, -0.2) is 35.1 Å². The number of ether oxygens (including phenoxy) is 1. The molecule has 30 heavy (non-hydrogen) atoms. The van der Waals surface area contributed by atoms with Crippen molar-refractivity contribution in [1.82, 2.24) is 20.4 Å². The van der Waals surface area contributed by atoms with E-state index in [1.165, 1.54) is 23.4 Å². The first kappa shape index (κ1) is 23.6. The molecule has 1 heterocycles. The summed E-state index contributed by atoms with van der Waals surface area (Å²) < 4.78 is 43.4. The largest absolute Gasteiger partial charge is 0.484 e. The number of nitrogens with one attached hydrogen (secondary N) is 2. The maximum absolute atomic E-state index is 12.2. The van der Waals surface area contributed by atoms with E-state index in [1.54, 1.807) is 12.1 Å². The van der Waals surface area contributed by atoms with Crippen LogP contribution < -0.4 is 15.4 Å². The van der Waals surface area contributed by atoms with E-state index in [1.807, 2.05) is 18.7 Å². The number of aliphatic imine (C=N–C) groups is 1. The standard InChI is InChI=1S/C21H30F3N5O/c1-5-18-17(19(6-2)29(4)28-18)13-27-20(25-7-3)26-12-15-8-10-16(11-9-15)30-14-21(22,23)24/h8-11H,5-7,12-14H2,1-4H3,(H2,25,26,27). The molecule has 2 N–H and O–H groups in total. The third-order valence-electron chi connectivity index (χ3n) is 4.55. The first-order valence-electron chi connectivity index (χ1n) is 10.1. The Balaban J connectivity index is 2.01. The minimum absolute atomic E-state index is 0.181. The topological polar surface area (TPSA) is 63.5 Å². The van der Waals surface area contributed by atoms with Gasteiger partial charge in [0.25, 0.3) is 0 Å². The molecule has 0 saturated heterocycles. The molecule has 166 valence electrons. The van der Waals surface area contributed by atoms with Crippen LogP contribution in [0.1, 0.15) is 43.3 Å². The Bertz CT molecular complexity index is 828. The summed E-state index contributed by atoms with van der Waals surface area (Å²) >= 11 is 0. The van der Waals surface area contributed by atoms with Gasteiger partial charge in [-0.05, 0) is 37.5 Å². The average Bonchev–Trinajstić information content (AvgIpc) is 3.03. The monoisotopic (exact) mass is 425 g/mol. The SMILES string of the molecule is CCNC(=NCc1ccc(OCC(F)(F)F)cc1)NCc1c(CC)nn(C)c1CC. The fourth-order valence-corrected chi connectivity index (χ4v) is 3.13. The predicted molar refractivity (Wildman–Crippen MR) is 112 cm³/mol. The number of aryl methyl sites for hydroxylation is 2. The summed E-state index contributed by atoms with van der Waals surface area (Å²) in [6, 6.07) is 6.47. The summed E-state index contributed by atoms with van der Waals surface area (Å²) in [4.78, 5) is 4.58. The molecule has 6 nitrogen and oxygen atoms in total. The maximum atomic E-state index is 12.2. The maximum Gasteiger partial charge on any atom is 0.422 e. The van der Waals surface area contributed by atoms with Crippen LogP contribution in [0.25, 0.3) is 0 Å². The second-order valence-corrected chi connectivity index (χ2v) is 6.80. The molecule has 0 bridgehead atoms. The molecule has 0 aliphatic rings. The van der Waals surface area contributed by atoms with Crippen molar-refractivity contribution in [3.63, 3.8) is 0 Å². The third-order valence-corrected chi connectivity index (χ3v) is 4.55. The zero-order valence-corrected chi connectivity index (χ0v) is 17.9. The van der Waals surface area contributed by atoms with Crippen LogP contribution in [-0.2, 0) is 33.0 Å². The van der Waals surface area contributed by atoms with Crippen LogP contribution in [0.5, 0.6) is 5.75 Å². The summed E-state index contributed by atoms with van der Waals surface area (Å²) in [7, 11) is 1.96. The minimum atomic E-state index is -4.35. The van der Waals surface area contributed by atoms with E-state index in [9.17, 15) is 13.2 Å². The Hall–Kier alpha value is -2.71. The van der Waals surface area contributed by atoms with Gasteiger partial charge in [0.1, 0.15) is 5.75 Å². The van der Waals surface area contributed by atoms with Crippen LogP contribution in [0.3, 0.4) is 0 Å². The first-order valence-corrected chi connectivity index (χ1v) is 10.1. The van der Waals surface area contributed by atoms with Crippen molar-refractivity contribution in [2.24, 2.45) is 12.0 Å². The van der Waals surface area contributed by atoms with Gasteiger partial charge in [-0.1, -0.05) is 26.0 Å². The lowest BCUT2D eigenvalue weighted by Gasteiger charge is -2.13. The summed E-state index contributed by atoms with van der Waals surface area (Å²) in [6.45, 7) is 6.62. The molecule has 0 aliphatic carbocycles. The van der Waals surface area contributed by atoms with E-state index in [4.69, 9.17) is 4.74 Å². The molecule has 0 saturated carbocycles. The fraction of sp³-hybridized carbons (Fsp3) is 0.524. The van der Waals surface area contributed by atoms with Gasteiger partial charge in [0.05, 0.1) is 12.2 Å². The van der Waals surface area contributed by atoms with Gasteiger partial charge in [0.15, 0.2) is 12.6 Å². The van der Waals surface area contributed by atoms with E-state index < -0.39 is 12.8 Å². The Morgan fingerprint density at radius 1 is 1.10 bits per heavy atom. The van der Waals surface area contributed by atoms with Gasteiger partial charge in [0, 0.05) is 31.4 Å². The summed E-state index contributed by atoms with van der Waals surface area (Å²) in [5, 5.41) is 11.2. The zero-order chi connectivity index (χ0) is 22.1. The normalized spacial score (nSPS) is 12.2. The van der Waals surface area contributed by atoms with Crippen LogP contribution >= 0.6 is 0 Å². The molecule has 2 aromatic rings. The van der Waals surface area contributed by atoms with Crippen molar-refractivity contribution in [3.8, 4) is 5.75 Å². The quantitative estimate of drug-likeness (QED) is 0.475. The van der Waals surface area contributed by atoms with Crippen molar-refractivity contribution in [3.05, 3.63) is 46.8 Å². The van der Waals surface area contributed by atoms with E-state index in [0.717, 1.165) is 24.1 Å². The summed E-state index contributed by atoms with van der Waals surface area (Å²) in [5.41, 5.74) is 4.34. The molecule has 0 unspecified atom stereocenters. The minimum Gasteiger partial charge on any atom is -0.484 e. The highest BCUT2D eigenvalue weighted by atomic mass is 19.4. The number of nitrogens with zero attached hydrogens (tertiary/aromatic N) is 3. The molecule has 0 aliphatic heterocycles. The molecule has 0 amide bonds. The summed E-state index contributed by atoms with van der Waals surface area (Å²) in [5.74, 6) is 0.851. The van der Waals surface area contributed by atoms with E-state index in [2.05, 4.69) is 34.6 Å². The summed E-state index contributed by atoms with van der Waals surface area (Å²) in [6.07, 6.45) is -2.59. The van der Waals surface area contributed by atoms with E-state index in [0.29, 0.717) is 25.6 Å². The molecule has 0 radical (unpaired) electrons. The van der Waals surface area contributed by atoms with Gasteiger partial charge in [-0.3, -0.25) is 4.68 Å². The number of benzene rings is 1. The van der Waals surface area contributed by atoms with Crippen molar-refractivity contribution < 1.29 is 17.9 Å². The third kappa shape index (κ3) is 6.96. The van der Waals surface area contributed by atoms with Crippen LogP contribution in [0.15, 0.2) is 29.3 Å². The predicted octanol–water partition coefficient (Wildman–Crippen LogP) is 3.74. The number of rotatable bonds is 9. The van der Waals surface area contributed by atoms with Crippen molar-refractivity contribution >= 4 is 5.96 Å². The van der Waals surface area contributed by atoms with E-state index in [-0.39, 0.29) is 5.75 Å². The van der Waals surface area contributed by atoms with Crippen LogP contribution in [0.2, 0.25) is 0 Å². The number of hydrogen-bond acceptors (Lipinski definition) is 3. The lowest BCUT2D eigenvalue weighted by Crippen LogP contribution is -2.37. The number of halogens is 3. The molecular formula is C21H30F3N5O. The van der Waals surface area contributed by atoms with Crippen LogP contribution in [0, 0.1) is 0 Å². The Morgan fingerprint density at radius 3 is 2.37 bits per heavy atom. The number of alkyl halides is 3. The first-order chi connectivity index (χ1) is 14.3. The molecule has 0 atom stereocenters. The fourth-order valence-electron chi connectivity index (χ4n) is 3.13. The van der Waals surface area contributed by atoms with Gasteiger partial charge >= 0.3 is 6.18 Å². The molecule has 2 rings (SSSR count). The van der Waals surface area contributed by atoms with Crippen LogP contribution in [0.4, 0.5) is 13.2 Å². The molecule has 1 aromatic carbocycles. The zero-order valence-electron chi connectivity index (χ0n) is 17.9. The Kier molecular flexibility index (Phi) is 8.56. The lowest BCUT2D eigenvalue weighted by molar-refractivity contribution is -0.153. The van der Waals surface area contributed by atoms with Crippen molar-refractivity contribution in [1.29, 1.82) is 0 Å². The van der Waals surface area contributed by atoms with E-state index >= 15 is 0 Å². The Labute approximate surface area is 175 Å². The van der Waals surface area contributed by atoms with Gasteiger partial charge < -0.3 is 15.4 Å².